The Morgan fingerprint density at radius 2 is 2.00 bits per heavy atom. The van der Waals surface area contributed by atoms with Gasteiger partial charge in [0, 0.05) is 26.2 Å². The highest BCUT2D eigenvalue weighted by molar-refractivity contribution is 7.27. The van der Waals surface area contributed by atoms with Gasteiger partial charge in [0.25, 0.3) is 0 Å². The van der Waals surface area contributed by atoms with Crippen LogP contribution in [0.1, 0.15) is 27.9 Å². The molecule has 0 bridgehead atoms. The van der Waals surface area contributed by atoms with E-state index in [0.717, 1.165) is 31.2 Å². The van der Waals surface area contributed by atoms with Gasteiger partial charge in [-0.05, 0) is 26.8 Å². The van der Waals surface area contributed by atoms with E-state index in [9.17, 15) is 9.90 Å². The normalized spacial score (nSPS) is 11.5. The first-order valence-corrected chi connectivity index (χ1v) is 9.65. The van der Waals surface area contributed by atoms with E-state index in [4.69, 9.17) is 4.74 Å². The lowest BCUT2D eigenvalue weighted by molar-refractivity contribution is 0.0523. The third-order valence-electron chi connectivity index (χ3n) is 4.28. The predicted octanol–water partition coefficient (Wildman–Crippen LogP) is 5.61. The summed E-state index contributed by atoms with van der Waals surface area (Å²) in [4.78, 5) is 17.1. The lowest BCUT2D eigenvalue weighted by Gasteiger charge is -2.02. The highest BCUT2D eigenvalue weighted by Crippen LogP contribution is 2.49. The van der Waals surface area contributed by atoms with E-state index in [1.165, 1.54) is 21.4 Å². The molecule has 6 heteroatoms. The molecule has 0 spiro atoms. The Balaban J connectivity index is 1.98. The van der Waals surface area contributed by atoms with Crippen molar-refractivity contribution in [1.29, 1.82) is 0 Å². The van der Waals surface area contributed by atoms with E-state index in [2.05, 4.69) is 17.1 Å². The first kappa shape index (κ1) is 16.2. The zero-order valence-electron chi connectivity index (χ0n) is 14.1. The molecule has 0 atom stereocenters. The second-order valence-electron chi connectivity index (χ2n) is 5.86. The molecule has 0 radical (unpaired) electrons. The molecule has 0 aliphatic carbocycles. The van der Waals surface area contributed by atoms with Crippen LogP contribution in [-0.4, -0.2) is 22.7 Å². The zero-order chi connectivity index (χ0) is 17.7. The van der Waals surface area contributed by atoms with Gasteiger partial charge in [0.2, 0.25) is 0 Å². The SMILES string of the molecule is CCOC(=O)c1c(C)sc(-c2c(C)[nH]c3c2sc2ccccc23)c1O. The van der Waals surface area contributed by atoms with Gasteiger partial charge in [0.1, 0.15) is 11.3 Å². The molecule has 128 valence electrons. The molecule has 0 aliphatic heterocycles. The number of ether oxygens (including phenoxy) is 1. The highest BCUT2D eigenvalue weighted by Gasteiger charge is 2.26. The van der Waals surface area contributed by atoms with Gasteiger partial charge in [-0.1, -0.05) is 18.2 Å². The van der Waals surface area contributed by atoms with Crippen molar-refractivity contribution in [3.05, 3.63) is 40.4 Å². The molecule has 0 saturated heterocycles. The molecule has 2 N–H and O–H groups in total. The lowest BCUT2D eigenvalue weighted by atomic mass is 10.1. The number of esters is 1. The van der Waals surface area contributed by atoms with Gasteiger partial charge in [-0.25, -0.2) is 4.79 Å². The van der Waals surface area contributed by atoms with E-state index in [1.807, 2.05) is 26.0 Å². The summed E-state index contributed by atoms with van der Waals surface area (Å²) in [6.07, 6.45) is 0. The van der Waals surface area contributed by atoms with Crippen molar-refractivity contribution in [1.82, 2.24) is 4.98 Å². The lowest BCUT2D eigenvalue weighted by Crippen LogP contribution is -2.04. The number of hydrogen-bond donors (Lipinski definition) is 2. The molecule has 0 aliphatic rings. The van der Waals surface area contributed by atoms with Crippen LogP contribution in [-0.2, 0) is 4.74 Å². The van der Waals surface area contributed by atoms with E-state index in [-0.39, 0.29) is 17.9 Å². The predicted molar refractivity (Wildman–Crippen MR) is 104 cm³/mol. The molecule has 3 aromatic heterocycles. The van der Waals surface area contributed by atoms with Gasteiger partial charge in [0.05, 0.1) is 21.7 Å². The van der Waals surface area contributed by atoms with Crippen molar-refractivity contribution in [3.8, 4) is 16.2 Å². The monoisotopic (exact) mass is 371 g/mol. The summed E-state index contributed by atoms with van der Waals surface area (Å²) in [5, 5.41) is 11.9. The van der Waals surface area contributed by atoms with E-state index < -0.39 is 5.97 Å². The van der Waals surface area contributed by atoms with Crippen molar-refractivity contribution < 1.29 is 14.6 Å². The number of nitrogens with one attached hydrogen (secondary N) is 1. The van der Waals surface area contributed by atoms with Crippen LogP contribution in [0, 0.1) is 13.8 Å². The number of aromatic hydroxyl groups is 1. The van der Waals surface area contributed by atoms with Gasteiger partial charge in [0.15, 0.2) is 0 Å². The molecule has 25 heavy (non-hydrogen) atoms. The maximum absolute atomic E-state index is 12.2. The van der Waals surface area contributed by atoms with Crippen molar-refractivity contribution in [3.63, 3.8) is 0 Å². The maximum atomic E-state index is 12.2. The Morgan fingerprint density at radius 3 is 2.76 bits per heavy atom. The third kappa shape index (κ3) is 2.36. The van der Waals surface area contributed by atoms with Gasteiger partial charge < -0.3 is 14.8 Å². The number of carbonyl (C=O) groups is 1. The average molecular weight is 371 g/mol. The van der Waals surface area contributed by atoms with Crippen LogP contribution in [0.4, 0.5) is 0 Å². The van der Waals surface area contributed by atoms with Gasteiger partial charge in [-0.2, -0.15) is 0 Å². The Hall–Kier alpha value is -2.31. The van der Waals surface area contributed by atoms with Crippen molar-refractivity contribution in [2.75, 3.05) is 6.61 Å². The maximum Gasteiger partial charge on any atom is 0.343 e. The molecular formula is C19H17NO3S2. The van der Waals surface area contributed by atoms with Crippen molar-refractivity contribution in [2.24, 2.45) is 0 Å². The van der Waals surface area contributed by atoms with Crippen LogP contribution in [0.15, 0.2) is 24.3 Å². The Morgan fingerprint density at radius 1 is 1.24 bits per heavy atom. The van der Waals surface area contributed by atoms with Crippen molar-refractivity contribution >= 4 is 48.9 Å². The summed E-state index contributed by atoms with van der Waals surface area (Å²) in [5.74, 6) is -0.455. The topological polar surface area (TPSA) is 62.3 Å². The summed E-state index contributed by atoms with van der Waals surface area (Å²) >= 11 is 3.12. The number of aromatic nitrogens is 1. The first-order chi connectivity index (χ1) is 12.0. The number of carbonyl (C=O) groups excluding carboxylic acids is 1. The fraction of sp³-hybridized carbons (Fsp3) is 0.211. The van der Waals surface area contributed by atoms with Crippen LogP contribution in [0.3, 0.4) is 0 Å². The molecule has 0 saturated carbocycles. The van der Waals surface area contributed by atoms with E-state index in [0.29, 0.717) is 0 Å². The number of aryl methyl sites for hydroxylation is 2. The molecule has 4 rings (SSSR count). The smallest absolute Gasteiger partial charge is 0.343 e. The second kappa shape index (κ2) is 5.89. The Bertz CT molecular complexity index is 1120. The molecule has 0 fully saturated rings. The number of aromatic amines is 1. The minimum Gasteiger partial charge on any atom is -0.505 e. The summed E-state index contributed by atoms with van der Waals surface area (Å²) < 4.78 is 7.39. The van der Waals surface area contributed by atoms with Gasteiger partial charge >= 0.3 is 5.97 Å². The molecule has 3 heterocycles. The van der Waals surface area contributed by atoms with Gasteiger partial charge in [-0.3, -0.25) is 0 Å². The van der Waals surface area contributed by atoms with Crippen LogP contribution >= 0.6 is 22.7 Å². The quantitative estimate of drug-likeness (QED) is 0.460. The van der Waals surface area contributed by atoms with Crippen LogP contribution in [0.25, 0.3) is 30.7 Å². The standard InChI is InChI=1S/C19H17NO3S2/c1-4-23-19(22)14-10(3)24-18(16(14)21)13-9(2)20-15-11-7-5-6-8-12(11)25-17(13)15/h5-8,20-21H,4H2,1-3H3. The largest absolute Gasteiger partial charge is 0.505 e. The number of rotatable bonds is 3. The fourth-order valence-electron chi connectivity index (χ4n) is 3.19. The van der Waals surface area contributed by atoms with E-state index in [1.54, 1.807) is 18.3 Å². The van der Waals surface area contributed by atoms with Crippen molar-refractivity contribution in [2.45, 2.75) is 20.8 Å². The average Bonchev–Trinajstić information content (AvgIpc) is 3.17. The van der Waals surface area contributed by atoms with Crippen LogP contribution in [0.5, 0.6) is 5.75 Å². The molecule has 4 nitrogen and oxygen atoms in total. The minimum absolute atomic E-state index is 0.0161. The summed E-state index contributed by atoms with van der Waals surface area (Å²) in [6.45, 7) is 5.88. The van der Waals surface area contributed by atoms with E-state index >= 15 is 0 Å². The fourth-order valence-corrected chi connectivity index (χ4v) is 5.66. The zero-order valence-corrected chi connectivity index (χ0v) is 15.7. The summed E-state index contributed by atoms with van der Waals surface area (Å²) in [6, 6.07) is 8.24. The minimum atomic E-state index is -0.472. The third-order valence-corrected chi connectivity index (χ3v) is 6.58. The number of thiophene rings is 2. The van der Waals surface area contributed by atoms with Gasteiger partial charge in [-0.15, -0.1) is 22.7 Å². The van der Waals surface area contributed by atoms with Crippen LogP contribution in [0.2, 0.25) is 0 Å². The number of benzene rings is 1. The second-order valence-corrected chi connectivity index (χ2v) is 8.14. The number of fused-ring (bicyclic) bond motifs is 3. The Kier molecular flexibility index (Phi) is 3.81. The number of H-pyrrole nitrogens is 1. The molecular weight excluding hydrogens is 354 g/mol. The van der Waals surface area contributed by atoms with Crippen LogP contribution < -0.4 is 0 Å². The molecule has 0 unspecified atom stereocenters. The molecule has 1 aromatic carbocycles. The highest BCUT2D eigenvalue weighted by atomic mass is 32.1. The molecule has 4 aromatic rings. The first-order valence-electron chi connectivity index (χ1n) is 8.02. The molecule has 0 amide bonds. The number of hydrogen-bond acceptors (Lipinski definition) is 5. The summed E-state index contributed by atoms with van der Waals surface area (Å²) in [7, 11) is 0. The Labute approximate surface area is 152 Å². The summed E-state index contributed by atoms with van der Waals surface area (Å²) in [5.41, 5.74) is 3.31.